The lowest BCUT2D eigenvalue weighted by molar-refractivity contribution is -0.159. The molecule has 0 spiro atoms. The van der Waals surface area contributed by atoms with Crippen molar-refractivity contribution >= 4 is 24.6 Å². The molecule has 0 amide bonds. The Hall–Kier alpha value is -0.710. The first kappa shape index (κ1) is 13.3. The molecule has 0 bridgehead atoms. The minimum atomic E-state index is -1.02. The topological polar surface area (TPSA) is 63.6 Å². The van der Waals surface area contributed by atoms with Gasteiger partial charge < -0.3 is 9.84 Å². The van der Waals surface area contributed by atoms with E-state index in [4.69, 9.17) is 9.84 Å². The summed E-state index contributed by atoms with van der Waals surface area (Å²) < 4.78 is 4.98. The first-order valence-corrected chi connectivity index (χ1v) is 4.95. The molecule has 0 saturated carbocycles. The molecule has 0 aromatic carbocycles. The zero-order valence-electron chi connectivity index (χ0n) is 8.61. The molecule has 4 nitrogen and oxygen atoms in total. The van der Waals surface area contributed by atoms with Gasteiger partial charge in [-0.15, -0.1) is 0 Å². The highest BCUT2D eigenvalue weighted by molar-refractivity contribution is 7.80. The van der Waals surface area contributed by atoms with Crippen molar-refractivity contribution in [3.63, 3.8) is 0 Å². The zero-order valence-corrected chi connectivity index (χ0v) is 9.51. The van der Waals surface area contributed by atoms with Gasteiger partial charge in [0.15, 0.2) is 0 Å². The summed E-state index contributed by atoms with van der Waals surface area (Å²) in [6.07, 6.45) is -0.129. The van der Waals surface area contributed by atoms with Crippen LogP contribution in [0.1, 0.15) is 27.2 Å². The number of hydrogen-bond donors (Lipinski definition) is 2. The molecule has 0 aliphatic carbocycles. The van der Waals surface area contributed by atoms with E-state index in [0.717, 1.165) is 0 Å². The maximum atomic E-state index is 11.2. The van der Waals surface area contributed by atoms with Gasteiger partial charge in [-0.25, -0.2) is 0 Å². The number of thiol groups is 1. The lowest BCUT2D eigenvalue weighted by Gasteiger charge is -2.20. The van der Waals surface area contributed by atoms with E-state index in [1.165, 1.54) is 0 Å². The predicted molar refractivity (Wildman–Crippen MR) is 55.4 cm³/mol. The van der Waals surface area contributed by atoms with Crippen molar-refractivity contribution in [3.05, 3.63) is 0 Å². The second kappa shape index (κ2) is 5.24. The minimum absolute atomic E-state index is 0.129. The van der Waals surface area contributed by atoms with Crippen LogP contribution in [0.5, 0.6) is 0 Å². The van der Waals surface area contributed by atoms with Crippen LogP contribution in [0.2, 0.25) is 0 Å². The summed E-state index contributed by atoms with van der Waals surface area (Å²) in [5, 5.41) is 8.66. The molecule has 0 aromatic heterocycles. The Balaban J connectivity index is 4.11. The van der Waals surface area contributed by atoms with Crippen molar-refractivity contribution in [1.29, 1.82) is 0 Å². The van der Waals surface area contributed by atoms with Crippen LogP contribution in [-0.4, -0.2) is 28.4 Å². The first-order chi connectivity index (χ1) is 6.26. The Labute approximate surface area is 89.0 Å². The second-order valence-electron chi connectivity index (χ2n) is 4.01. The van der Waals surface area contributed by atoms with Crippen LogP contribution in [-0.2, 0) is 14.3 Å². The standard InChI is InChI=1S/C9H16O4S/c1-9(2,3)13-7(10)4-6(5-14)8(11)12/h6,14H,4-5H2,1-3H3,(H,11,12). The fourth-order valence-corrected chi connectivity index (χ4v) is 1.10. The molecular weight excluding hydrogens is 204 g/mol. The summed E-state index contributed by atoms with van der Waals surface area (Å²) in [5.74, 6) is -2.16. The van der Waals surface area contributed by atoms with Crippen molar-refractivity contribution in [3.8, 4) is 0 Å². The molecule has 1 atom stereocenters. The van der Waals surface area contributed by atoms with E-state index in [-0.39, 0.29) is 12.2 Å². The van der Waals surface area contributed by atoms with Crippen molar-refractivity contribution in [2.24, 2.45) is 5.92 Å². The highest BCUT2D eigenvalue weighted by atomic mass is 32.1. The van der Waals surface area contributed by atoms with Gasteiger partial charge in [0.2, 0.25) is 0 Å². The van der Waals surface area contributed by atoms with Crippen LogP contribution < -0.4 is 0 Å². The van der Waals surface area contributed by atoms with Crippen molar-refractivity contribution in [2.45, 2.75) is 32.8 Å². The van der Waals surface area contributed by atoms with Crippen LogP contribution in [0.4, 0.5) is 0 Å². The average Bonchev–Trinajstić information content (AvgIpc) is 1.96. The summed E-state index contributed by atoms with van der Waals surface area (Å²) in [7, 11) is 0. The molecule has 0 aliphatic heterocycles. The molecule has 0 saturated heterocycles. The number of aliphatic carboxylic acids is 1. The fourth-order valence-electron chi connectivity index (χ4n) is 0.814. The largest absolute Gasteiger partial charge is 0.481 e. The fraction of sp³-hybridized carbons (Fsp3) is 0.778. The van der Waals surface area contributed by atoms with Gasteiger partial charge in [0.1, 0.15) is 5.60 Å². The van der Waals surface area contributed by atoms with Gasteiger partial charge in [-0.3, -0.25) is 9.59 Å². The molecule has 0 rings (SSSR count). The number of rotatable bonds is 4. The summed E-state index contributed by atoms with van der Waals surface area (Å²) in [6, 6.07) is 0. The van der Waals surface area contributed by atoms with Gasteiger partial charge in [0.25, 0.3) is 0 Å². The second-order valence-corrected chi connectivity index (χ2v) is 4.37. The van der Waals surface area contributed by atoms with E-state index >= 15 is 0 Å². The normalized spacial score (nSPS) is 13.4. The third kappa shape index (κ3) is 5.85. The SMILES string of the molecule is CC(C)(C)OC(=O)CC(CS)C(=O)O. The highest BCUT2D eigenvalue weighted by Crippen LogP contribution is 2.12. The monoisotopic (exact) mass is 220 g/mol. The predicted octanol–water partition coefficient (Wildman–Crippen LogP) is 1.35. The van der Waals surface area contributed by atoms with E-state index < -0.39 is 23.5 Å². The van der Waals surface area contributed by atoms with Crippen LogP contribution in [0.15, 0.2) is 0 Å². The minimum Gasteiger partial charge on any atom is -0.481 e. The maximum Gasteiger partial charge on any atom is 0.307 e. The third-order valence-corrected chi connectivity index (χ3v) is 1.84. The van der Waals surface area contributed by atoms with Crippen molar-refractivity contribution in [2.75, 3.05) is 5.75 Å². The number of ether oxygens (including phenoxy) is 1. The highest BCUT2D eigenvalue weighted by Gasteiger charge is 2.23. The lowest BCUT2D eigenvalue weighted by Crippen LogP contribution is -2.27. The molecule has 0 radical (unpaired) electrons. The molecule has 5 heteroatoms. The number of carboxylic acids is 1. The first-order valence-electron chi connectivity index (χ1n) is 4.32. The van der Waals surface area contributed by atoms with Gasteiger partial charge in [-0.2, -0.15) is 12.6 Å². The zero-order chi connectivity index (χ0) is 11.4. The van der Waals surface area contributed by atoms with Crippen LogP contribution >= 0.6 is 12.6 Å². The number of carbonyl (C=O) groups is 2. The van der Waals surface area contributed by atoms with Gasteiger partial charge in [0, 0.05) is 5.75 Å². The van der Waals surface area contributed by atoms with Gasteiger partial charge >= 0.3 is 11.9 Å². The molecule has 1 N–H and O–H groups in total. The number of hydrogen-bond acceptors (Lipinski definition) is 4. The van der Waals surface area contributed by atoms with Crippen molar-refractivity contribution < 1.29 is 19.4 Å². The molecule has 0 aromatic rings. The number of carbonyl (C=O) groups excluding carboxylic acids is 1. The Morgan fingerprint density at radius 2 is 1.93 bits per heavy atom. The molecule has 0 fully saturated rings. The Morgan fingerprint density at radius 1 is 1.43 bits per heavy atom. The third-order valence-electron chi connectivity index (χ3n) is 1.40. The van der Waals surface area contributed by atoms with E-state index in [1.54, 1.807) is 20.8 Å². The van der Waals surface area contributed by atoms with Crippen LogP contribution in [0.3, 0.4) is 0 Å². The molecule has 14 heavy (non-hydrogen) atoms. The van der Waals surface area contributed by atoms with E-state index in [9.17, 15) is 9.59 Å². The Kier molecular flexibility index (Phi) is 4.97. The lowest BCUT2D eigenvalue weighted by atomic mass is 10.1. The quantitative estimate of drug-likeness (QED) is 0.554. The van der Waals surface area contributed by atoms with Gasteiger partial charge in [-0.05, 0) is 20.8 Å². The van der Waals surface area contributed by atoms with E-state index in [2.05, 4.69) is 12.6 Å². The van der Waals surface area contributed by atoms with Gasteiger partial charge in [0.05, 0.1) is 12.3 Å². The molecule has 0 aliphatic rings. The maximum absolute atomic E-state index is 11.2. The van der Waals surface area contributed by atoms with E-state index in [1.807, 2.05) is 0 Å². The Morgan fingerprint density at radius 3 is 2.21 bits per heavy atom. The van der Waals surface area contributed by atoms with Crippen LogP contribution in [0.25, 0.3) is 0 Å². The summed E-state index contributed by atoms with van der Waals surface area (Å²) in [5.41, 5.74) is -0.573. The van der Waals surface area contributed by atoms with Crippen molar-refractivity contribution in [1.82, 2.24) is 0 Å². The molecular formula is C9H16O4S. The molecule has 0 heterocycles. The number of esters is 1. The molecule has 82 valence electrons. The van der Waals surface area contributed by atoms with Crippen LogP contribution in [0, 0.1) is 5.92 Å². The summed E-state index contributed by atoms with van der Waals surface area (Å²) >= 11 is 3.85. The summed E-state index contributed by atoms with van der Waals surface area (Å²) in [4.78, 5) is 21.8. The van der Waals surface area contributed by atoms with Gasteiger partial charge in [-0.1, -0.05) is 0 Å². The number of carboxylic acid groups (broad SMARTS) is 1. The van der Waals surface area contributed by atoms with E-state index in [0.29, 0.717) is 0 Å². The summed E-state index contributed by atoms with van der Waals surface area (Å²) in [6.45, 7) is 5.21. The smallest absolute Gasteiger partial charge is 0.307 e. The molecule has 1 unspecified atom stereocenters. The Bertz CT molecular complexity index is 219. The average molecular weight is 220 g/mol.